The molecule has 36 heavy (non-hydrogen) atoms. The maximum absolute atomic E-state index is 12.9. The van der Waals surface area contributed by atoms with Crippen LogP contribution in [0, 0.1) is 13.8 Å². The van der Waals surface area contributed by atoms with E-state index < -0.39 is 0 Å². The van der Waals surface area contributed by atoms with E-state index in [2.05, 4.69) is 57.1 Å². The number of benzene rings is 2. The molecule has 1 aromatic heterocycles. The molecule has 1 spiro atoms. The van der Waals surface area contributed by atoms with Crippen LogP contribution in [0.5, 0.6) is 5.75 Å². The predicted molar refractivity (Wildman–Crippen MR) is 140 cm³/mol. The smallest absolute Gasteiger partial charge is 0.193 e. The first-order valence-corrected chi connectivity index (χ1v) is 12.6. The Morgan fingerprint density at radius 1 is 1.14 bits per heavy atom. The van der Waals surface area contributed by atoms with E-state index in [1.807, 2.05) is 12.1 Å². The second-order valence-electron chi connectivity index (χ2n) is 10.2. The van der Waals surface area contributed by atoms with Crippen LogP contribution >= 0.6 is 0 Å². The van der Waals surface area contributed by atoms with Gasteiger partial charge < -0.3 is 19.7 Å². The van der Waals surface area contributed by atoms with Gasteiger partial charge in [0.15, 0.2) is 11.5 Å². The van der Waals surface area contributed by atoms with Crippen molar-refractivity contribution in [2.75, 3.05) is 50.2 Å². The van der Waals surface area contributed by atoms with Gasteiger partial charge in [-0.25, -0.2) is 14.4 Å². The number of nitrogens with zero attached hydrogens (tertiary/aromatic N) is 4. The molecule has 0 unspecified atom stereocenters. The summed E-state index contributed by atoms with van der Waals surface area (Å²) in [7, 11) is 1.69. The van der Waals surface area contributed by atoms with Crippen molar-refractivity contribution in [1.29, 1.82) is 0 Å². The summed E-state index contributed by atoms with van der Waals surface area (Å²) < 4.78 is 25.4. The van der Waals surface area contributed by atoms with Crippen LogP contribution < -0.4 is 15.0 Å². The lowest BCUT2D eigenvalue weighted by Crippen LogP contribution is -2.64. The van der Waals surface area contributed by atoms with Crippen LogP contribution in [0.4, 0.5) is 21.6 Å². The average molecular weight is 490 g/mol. The van der Waals surface area contributed by atoms with Crippen molar-refractivity contribution in [3.8, 4) is 5.75 Å². The minimum Gasteiger partial charge on any atom is -0.494 e. The van der Waals surface area contributed by atoms with Gasteiger partial charge in [0.1, 0.15) is 24.6 Å². The Labute approximate surface area is 210 Å². The number of rotatable bonds is 6. The maximum atomic E-state index is 12.9. The van der Waals surface area contributed by atoms with E-state index >= 15 is 0 Å². The molecule has 0 radical (unpaired) electrons. The lowest BCUT2D eigenvalue weighted by Gasteiger charge is -2.45. The fourth-order valence-corrected chi connectivity index (χ4v) is 5.45. The van der Waals surface area contributed by atoms with Gasteiger partial charge in [0, 0.05) is 36.8 Å². The van der Waals surface area contributed by atoms with E-state index in [1.54, 1.807) is 13.4 Å². The summed E-state index contributed by atoms with van der Waals surface area (Å²) >= 11 is 0. The highest BCUT2D eigenvalue weighted by Crippen LogP contribution is 2.47. The van der Waals surface area contributed by atoms with Gasteiger partial charge >= 0.3 is 0 Å². The van der Waals surface area contributed by atoms with Crippen molar-refractivity contribution in [2.24, 2.45) is 0 Å². The summed E-state index contributed by atoms with van der Waals surface area (Å²) in [5, 5.41) is 4.45. The number of fused-ring (bicyclic) bond motifs is 1. The second kappa shape index (κ2) is 8.92. The van der Waals surface area contributed by atoms with Crippen LogP contribution in [0.2, 0.25) is 0 Å². The molecule has 2 saturated heterocycles. The number of allylic oxidation sites excluding steroid dienone is 1. The van der Waals surface area contributed by atoms with Crippen molar-refractivity contribution >= 4 is 28.1 Å². The molecule has 0 bridgehead atoms. The number of ether oxygens (including phenoxy) is 2. The molecule has 1 N–H and O–H groups in total. The number of aromatic nitrogens is 2. The molecule has 0 atom stereocenters. The van der Waals surface area contributed by atoms with Crippen LogP contribution in [0.1, 0.15) is 30.4 Å². The standard InChI is InChI=1S/C28H32FN5O2/c1-18-6-4-9-22(19(18)2)32-26-21-12-24(25(35-3)13-23(21)30-17-31-26)34-16-28(14-33(15-28)11-10-29)36-27(34)20-7-5-8-20/h4,6,9,12-13,17H,5,7-8,10-11,14-16H2,1-3H3,(H,30,31,32). The topological polar surface area (TPSA) is 62.8 Å². The highest BCUT2D eigenvalue weighted by Gasteiger charge is 2.53. The van der Waals surface area contributed by atoms with Gasteiger partial charge in [0.2, 0.25) is 0 Å². The van der Waals surface area contributed by atoms with Crippen molar-refractivity contribution in [1.82, 2.24) is 14.9 Å². The lowest BCUT2D eigenvalue weighted by molar-refractivity contribution is -0.0860. The highest BCUT2D eigenvalue weighted by atomic mass is 19.1. The van der Waals surface area contributed by atoms with Gasteiger partial charge in [-0.05, 0) is 61.9 Å². The molecule has 3 fully saturated rings. The normalized spacial score (nSPS) is 18.8. The lowest BCUT2D eigenvalue weighted by atomic mass is 9.92. The summed E-state index contributed by atoms with van der Waals surface area (Å²) in [5.41, 5.74) is 6.22. The van der Waals surface area contributed by atoms with Gasteiger partial charge in [-0.3, -0.25) is 4.90 Å². The Kier molecular flexibility index (Phi) is 5.71. The molecule has 188 valence electrons. The molecule has 7 nitrogen and oxygen atoms in total. The Balaban J connectivity index is 1.41. The number of methoxy groups -OCH3 is 1. The van der Waals surface area contributed by atoms with E-state index in [0.29, 0.717) is 13.1 Å². The summed E-state index contributed by atoms with van der Waals surface area (Å²) in [4.78, 5) is 13.5. The first kappa shape index (κ1) is 23.0. The molecule has 3 aromatic rings. The Bertz CT molecular complexity index is 1350. The summed E-state index contributed by atoms with van der Waals surface area (Å²) in [6.45, 7) is 6.53. The number of anilines is 3. The molecule has 3 aliphatic rings. The van der Waals surface area contributed by atoms with Crippen LogP contribution in [-0.2, 0) is 4.74 Å². The number of hydrogen-bond acceptors (Lipinski definition) is 7. The Hall–Kier alpha value is -3.39. The predicted octanol–water partition coefficient (Wildman–Crippen LogP) is 5.25. The molecular formula is C28H32FN5O2. The molecule has 2 aromatic carbocycles. The first-order chi connectivity index (χ1) is 17.5. The Morgan fingerprint density at radius 2 is 1.97 bits per heavy atom. The molecule has 2 aliphatic heterocycles. The maximum Gasteiger partial charge on any atom is 0.193 e. The summed E-state index contributed by atoms with van der Waals surface area (Å²) in [6.07, 6.45) is 4.87. The van der Waals surface area contributed by atoms with Crippen LogP contribution in [0.15, 0.2) is 48.1 Å². The van der Waals surface area contributed by atoms with Crippen molar-refractivity contribution in [3.63, 3.8) is 0 Å². The van der Waals surface area contributed by atoms with Crippen molar-refractivity contribution in [3.05, 3.63) is 59.2 Å². The summed E-state index contributed by atoms with van der Waals surface area (Å²) in [6, 6.07) is 10.3. The van der Waals surface area contributed by atoms with E-state index in [4.69, 9.17) is 9.47 Å². The summed E-state index contributed by atoms with van der Waals surface area (Å²) in [5.74, 6) is 2.44. The van der Waals surface area contributed by atoms with Crippen molar-refractivity contribution < 1.29 is 13.9 Å². The molecule has 8 heteroatoms. The Morgan fingerprint density at radius 3 is 2.69 bits per heavy atom. The number of hydrogen-bond donors (Lipinski definition) is 1. The monoisotopic (exact) mass is 489 g/mol. The van der Waals surface area contributed by atoms with E-state index in [0.717, 1.165) is 65.7 Å². The fraction of sp³-hybridized carbons (Fsp3) is 0.429. The zero-order chi connectivity index (χ0) is 24.9. The van der Waals surface area contributed by atoms with Crippen LogP contribution in [-0.4, -0.2) is 60.4 Å². The minimum atomic E-state index is -0.331. The highest BCUT2D eigenvalue weighted by molar-refractivity contribution is 5.95. The number of halogens is 1. The van der Waals surface area contributed by atoms with Crippen LogP contribution in [0.3, 0.4) is 0 Å². The van der Waals surface area contributed by atoms with E-state index in [9.17, 15) is 4.39 Å². The molecule has 1 saturated carbocycles. The molecule has 6 rings (SSSR count). The molecule has 3 heterocycles. The molecule has 0 amide bonds. The quantitative estimate of drug-likeness (QED) is 0.507. The van der Waals surface area contributed by atoms with Gasteiger partial charge in [-0.15, -0.1) is 0 Å². The van der Waals surface area contributed by atoms with Gasteiger partial charge in [-0.2, -0.15) is 0 Å². The third-order valence-electron chi connectivity index (χ3n) is 7.77. The van der Waals surface area contributed by atoms with Gasteiger partial charge in [0.05, 0.1) is 24.9 Å². The molecular weight excluding hydrogens is 457 g/mol. The third-order valence-corrected chi connectivity index (χ3v) is 7.77. The largest absolute Gasteiger partial charge is 0.494 e. The van der Waals surface area contributed by atoms with Gasteiger partial charge in [0.25, 0.3) is 0 Å². The fourth-order valence-electron chi connectivity index (χ4n) is 5.45. The number of likely N-dealkylation sites (tertiary alicyclic amines) is 1. The zero-order valence-electron chi connectivity index (χ0n) is 21.1. The number of nitrogens with one attached hydrogen (secondary N) is 1. The first-order valence-electron chi connectivity index (χ1n) is 12.6. The molecule has 1 aliphatic carbocycles. The van der Waals surface area contributed by atoms with E-state index in [-0.39, 0.29) is 12.3 Å². The average Bonchev–Trinajstić information content (AvgIpc) is 3.20. The minimum absolute atomic E-state index is 0.306. The number of alkyl halides is 1. The third kappa shape index (κ3) is 3.84. The second-order valence-corrected chi connectivity index (χ2v) is 10.2. The van der Waals surface area contributed by atoms with E-state index in [1.165, 1.54) is 23.1 Å². The van der Waals surface area contributed by atoms with Crippen LogP contribution in [0.25, 0.3) is 10.9 Å². The van der Waals surface area contributed by atoms with Crippen molar-refractivity contribution in [2.45, 2.75) is 38.7 Å². The number of aryl methyl sites for hydroxylation is 1. The van der Waals surface area contributed by atoms with Gasteiger partial charge in [-0.1, -0.05) is 12.1 Å². The zero-order valence-corrected chi connectivity index (χ0v) is 21.1. The SMILES string of the molecule is COc1cc2ncnc(Nc3cccc(C)c3C)c2cc1N1CC2(CN(CCF)C2)OC1=C1CCC1.